The van der Waals surface area contributed by atoms with Gasteiger partial charge in [-0.2, -0.15) is 5.10 Å². The predicted molar refractivity (Wildman–Crippen MR) is 84.2 cm³/mol. The van der Waals surface area contributed by atoms with Crippen molar-refractivity contribution >= 4 is 11.8 Å². The Morgan fingerprint density at radius 3 is 2.85 bits per heavy atom. The van der Waals surface area contributed by atoms with Crippen LogP contribution in [-0.2, 0) is 20.0 Å². The summed E-state index contributed by atoms with van der Waals surface area (Å²) >= 11 is 2.00. The largest absolute Gasteiger partial charge is 0.311 e. The molecule has 1 aromatic heterocycles. The van der Waals surface area contributed by atoms with Gasteiger partial charge in [0.05, 0.1) is 5.69 Å². The lowest BCUT2D eigenvalue weighted by molar-refractivity contribution is 0.659. The maximum absolute atomic E-state index is 4.46. The molecule has 2 aromatic rings. The van der Waals surface area contributed by atoms with Crippen LogP contribution in [0, 0.1) is 13.8 Å². The summed E-state index contributed by atoms with van der Waals surface area (Å²) in [7, 11) is 2.01. The van der Waals surface area contributed by atoms with Crippen LogP contribution in [0.1, 0.15) is 22.5 Å². The van der Waals surface area contributed by atoms with E-state index in [0.717, 1.165) is 18.8 Å². The van der Waals surface area contributed by atoms with Gasteiger partial charge in [0.1, 0.15) is 0 Å². The highest BCUT2D eigenvalue weighted by atomic mass is 32.2. The maximum atomic E-state index is 4.46. The van der Waals surface area contributed by atoms with E-state index in [1.807, 2.05) is 23.5 Å². The quantitative estimate of drug-likeness (QED) is 0.938. The van der Waals surface area contributed by atoms with Crippen molar-refractivity contribution in [1.82, 2.24) is 15.1 Å². The number of nitrogens with one attached hydrogen (secondary N) is 1. The molecule has 1 atom stereocenters. The summed E-state index contributed by atoms with van der Waals surface area (Å²) in [5, 5.41) is 8.72. The Kier molecular flexibility index (Phi) is 3.85. The molecule has 0 fully saturated rings. The van der Waals surface area contributed by atoms with E-state index in [1.54, 1.807) is 0 Å². The smallest absolute Gasteiger partial charge is 0.0641 e. The molecule has 1 N–H and O–H groups in total. The average molecular weight is 287 g/mol. The molecule has 1 aliphatic heterocycles. The lowest BCUT2D eigenvalue weighted by Crippen LogP contribution is -2.24. The fraction of sp³-hybridized carbons (Fsp3) is 0.438. The molecule has 1 unspecified atom stereocenters. The summed E-state index contributed by atoms with van der Waals surface area (Å²) < 4.78 is 1.96. The van der Waals surface area contributed by atoms with Gasteiger partial charge in [0.25, 0.3) is 0 Å². The molecule has 0 bridgehead atoms. The molecular formula is C16H21N3S. The van der Waals surface area contributed by atoms with E-state index >= 15 is 0 Å². The van der Waals surface area contributed by atoms with Crippen LogP contribution in [0.5, 0.6) is 0 Å². The minimum Gasteiger partial charge on any atom is -0.311 e. The number of nitrogens with zero attached hydrogens (tertiary/aromatic N) is 2. The lowest BCUT2D eigenvalue weighted by atomic mass is 10.1. The van der Waals surface area contributed by atoms with Crippen molar-refractivity contribution in [2.45, 2.75) is 37.0 Å². The summed E-state index contributed by atoms with van der Waals surface area (Å²) in [5.74, 6) is 0. The Bertz CT molecular complexity index is 593. The van der Waals surface area contributed by atoms with E-state index in [9.17, 15) is 0 Å². The Balaban J connectivity index is 1.55. The van der Waals surface area contributed by atoms with E-state index in [1.165, 1.54) is 28.1 Å². The van der Waals surface area contributed by atoms with Crippen LogP contribution in [0.25, 0.3) is 0 Å². The fourth-order valence-corrected chi connectivity index (χ4v) is 4.08. The number of rotatable bonds is 4. The highest BCUT2D eigenvalue weighted by molar-refractivity contribution is 8.00. The summed E-state index contributed by atoms with van der Waals surface area (Å²) in [6, 6.07) is 8.74. The van der Waals surface area contributed by atoms with Gasteiger partial charge in [-0.15, -0.1) is 11.8 Å². The van der Waals surface area contributed by atoms with Crippen molar-refractivity contribution in [3.8, 4) is 0 Å². The van der Waals surface area contributed by atoms with Crippen molar-refractivity contribution < 1.29 is 0 Å². The molecule has 0 amide bonds. The highest BCUT2D eigenvalue weighted by Gasteiger charge is 2.21. The standard InChI is InChI=1S/C16H21N3S/c1-11-15(12(2)19(3)18-11)10-17-9-14-8-13-6-4-5-7-16(13)20-14/h4-7,14,17H,8-10H2,1-3H3. The SMILES string of the molecule is Cc1nn(C)c(C)c1CNCC1Cc2ccccc2S1. The average Bonchev–Trinajstić information content (AvgIpc) is 2.94. The molecule has 1 aromatic carbocycles. The van der Waals surface area contributed by atoms with Crippen LogP contribution in [-0.4, -0.2) is 21.6 Å². The first-order valence-corrected chi connectivity index (χ1v) is 7.97. The van der Waals surface area contributed by atoms with Gasteiger partial charge in [0, 0.05) is 41.5 Å². The monoisotopic (exact) mass is 287 g/mol. The van der Waals surface area contributed by atoms with Crippen LogP contribution >= 0.6 is 11.8 Å². The number of aryl methyl sites for hydroxylation is 2. The third-order valence-electron chi connectivity index (χ3n) is 4.05. The number of fused-ring (bicyclic) bond motifs is 1. The molecule has 3 nitrogen and oxygen atoms in total. The molecule has 0 aliphatic carbocycles. The molecule has 1 aliphatic rings. The minimum absolute atomic E-state index is 0.657. The van der Waals surface area contributed by atoms with Crippen molar-refractivity contribution in [2.75, 3.05) is 6.54 Å². The molecule has 0 saturated heterocycles. The molecule has 106 valence electrons. The van der Waals surface area contributed by atoms with E-state index in [4.69, 9.17) is 0 Å². The fourth-order valence-electron chi connectivity index (χ4n) is 2.80. The number of benzene rings is 1. The van der Waals surface area contributed by atoms with Crippen molar-refractivity contribution in [1.29, 1.82) is 0 Å². The number of aromatic nitrogens is 2. The summed E-state index contributed by atoms with van der Waals surface area (Å²) in [4.78, 5) is 1.45. The molecule has 3 rings (SSSR count). The third-order valence-corrected chi connectivity index (χ3v) is 5.37. The van der Waals surface area contributed by atoms with Crippen LogP contribution in [0.2, 0.25) is 0 Å². The summed E-state index contributed by atoms with van der Waals surface area (Å²) in [6.07, 6.45) is 1.18. The normalized spacial score (nSPS) is 17.4. The van der Waals surface area contributed by atoms with Gasteiger partial charge in [-0.1, -0.05) is 18.2 Å². The van der Waals surface area contributed by atoms with Gasteiger partial charge in [0.15, 0.2) is 0 Å². The van der Waals surface area contributed by atoms with Gasteiger partial charge in [-0.3, -0.25) is 4.68 Å². The molecule has 20 heavy (non-hydrogen) atoms. The Labute approximate surface area is 124 Å². The first-order valence-electron chi connectivity index (χ1n) is 7.09. The zero-order chi connectivity index (χ0) is 14.1. The van der Waals surface area contributed by atoms with E-state index in [2.05, 4.69) is 48.5 Å². The molecule has 0 saturated carbocycles. The third kappa shape index (κ3) is 2.63. The van der Waals surface area contributed by atoms with Gasteiger partial charge in [-0.25, -0.2) is 0 Å². The van der Waals surface area contributed by atoms with Crippen molar-refractivity contribution in [3.63, 3.8) is 0 Å². The summed E-state index contributed by atoms with van der Waals surface area (Å²) in [5.41, 5.74) is 5.24. The predicted octanol–water partition coefficient (Wildman–Crippen LogP) is 2.84. The molecule has 2 heterocycles. The topological polar surface area (TPSA) is 29.9 Å². The van der Waals surface area contributed by atoms with Crippen LogP contribution in [0.3, 0.4) is 0 Å². The second-order valence-corrected chi connectivity index (χ2v) is 6.80. The summed E-state index contributed by atoms with van der Waals surface area (Å²) in [6.45, 7) is 6.19. The van der Waals surface area contributed by atoms with Crippen LogP contribution in [0.15, 0.2) is 29.2 Å². The first kappa shape index (κ1) is 13.7. The van der Waals surface area contributed by atoms with Gasteiger partial charge < -0.3 is 5.32 Å². The Morgan fingerprint density at radius 1 is 1.35 bits per heavy atom. The van der Waals surface area contributed by atoms with Crippen LogP contribution < -0.4 is 5.32 Å². The number of thioether (sulfide) groups is 1. The zero-order valence-corrected chi connectivity index (χ0v) is 13.1. The Morgan fingerprint density at radius 2 is 2.15 bits per heavy atom. The van der Waals surface area contributed by atoms with Crippen molar-refractivity contribution in [3.05, 3.63) is 46.8 Å². The number of hydrogen-bond donors (Lipinski definition) is 1. The molecule has 0 radical (unpaired) electrons. The molecule has 4 heteroatoms. The van der Waals surface area contributed by atoms with Gasteiger partial charge >= 0.3 is 0 Å². The van der Waals surface area contributed by atoms with E-state index < -0.39 is 0 Å². The van der Waals surface area contributed by atoms with Crippen molar-refractivity contribution in [2.24, 2.45) is 7.05 Å². The second kappa shape index (κ2) is 5.62. The maximum Gasteiger partial charge on any atom is 0.0641 e. The van der Waals surface area contributed by atoms with E-state index in [0.29, 0.717) is 5.25 Å². The highest BCUT2D eigenvalue weighted by Crippen LogP contribution is 2.36. The lowest BCUT2D eigenvalue weighted by Gasteiger charge is -2.10. The first-order chi connectivity index (χ1) is 9.65. The van der Waals surface area contributed by atoms with Gasteiger partial charge in [0.2, 0.25) is 0 Å². The zero-order valence-electron chi connectivity index (χ0n) is 12.3. The molecular weight excluding hydrogens is 266 g/mol. The number of hydrogen-bond acceptors (Lipinski definition) is 3. The Hall–Kier alpha value is -1.26. The van der Waals surface area contributed by atoms with E-state index in [-0.39, 0.29) is 0 Å². The van der Waals surface area contributed by atoms with Gasteiger partial charge in [-0.05, 0) is 31.9 Å². The second-order valence-electron chi connectivity index (χ2n) is 5.46. The minimum atomic E-state index is 0.657. The van der Waals surface area contributed by atoms with Crippen LogP contribution in [0.4, 0.5) is 0 Å². The molecule has 0 spiro atoms.